The zero-order chi connectivity index (χ0) is 20.7. The van der Waals surface area contributed by atoms with E-state index in [-0.39, 0.29) is 17.9 Å². The SMILES string of the molecule is COC(=O)c1ccc(O[C@H](C)C(=O)NCc2ccc(OC)cc2)c([N+](=O)[O-])c1. The molecule has 0 bridgehead atoms. The Hall–Kier alpha value is -3.62. The summed E-state index contributed by atoms with van der Waals surface area (Å²) in [5.41, 5.74) is 0.436. The van der Waals surface area contributed by atoms with Gasteiger partial charge in [0.15, 0.2) is 11.9 Å². The molecule has 9 heteroatoms. The van der Waals surface area contributed by atoms with Gasteiger partial charge in [0.25, 0.3) is 5.91 Å². The first kappa shape index (κ1) is 20.7. The fourth-order valence-corrected chi connectivity index (χ4v) is 2.32. The Balaban J connectivity index is 2.04. The van der Waals surface area contributed by atoms with E-state index < -0.39 is 28.6 Å². The molecule has 1 atom stereocenters. The van der Waals surface area contributed by atoms with Gasteiger partial charge in [0.05, 0.1) is 24.7 Å². The highest BCUT2D eigenvalue weighted by atomic mass is 16.6. The van der Waals surface area contributed by atoms with Crippen LogP contribution >= 0.6 is 0 Å². The Morgan fingerprint density at radius 2 is 1.82 bits per heavy atom. The summed E-state index contributed by atoms with van der Waals surface area (Å²) in [6.07, 6.45) is -0.985. The van der Waals surface area contributed by atoms with E-state index >= 15 is 0 Å². The molecule has 0 saturated carbocycles. The largest absolute Gasteiger partial charge is 0.497 e. The summed E-state index contributed by atoms with van der Waals surface area (Å²) in [4.78, 5) is 34.3. The molecular formula is C19H20N2O7. The number of hydrogen-bond donors (Lipinski definition) is 1. The van der Waals surface area contributed by atoms with Gasteiger partial charge in [0, 0.05) is 12.6 Å². The average molecular weight is 388 g/mol. The van der Waals surface area contributed by atoms with Gasteiger partial charge in [0.1, 0.15) is 5.75 Å². The molecule has 1 amide bonds. The van der Waals surface area contributed by atoms with Crippen molar-refractivity contribution in [2.45, 2.75) is 19.6 Å². The van der Waals surface area contributed by atoms with Crippen molar-refractivity contribution >= 4 is 17.6 Å². The minimum absolute atomic E-state index is 0.0122. The van der Waals surface area contributed by atoms with Crippen molar-refractivity contribution in [1.29, 1.82) is 0 Å². The molecule has 0 aromatic heterocycles. The molecule has 0 unspecified atom stereocenters. The van der Waals surface area contributed by atoms with Crippen LogP contribution in [0.1, 0.15) is 22.8 Å². The van der Waals surface area contributed by atoms with Gasteiger partial charge in [-0.05, 0) is 36.8 Å². The molecule has 0 spiro atoms. The minimum atomic E-state index is -0.985. The summed E-state index contributed by atoms with van der Waals surface area (Å²) in [5, 5.41) is 14.0. The summed E-state index contributed by atoms with van der Waals surface area (Å²) < 4.78 is 15.0. The van der Waals surface area contributed by atoms with E-state index in [1.807, 2.05) is 0 Å². The minimum Gasteiger partial charge on any atom is -0.497 e. The van der Waals surface area contributed by atoms with Crippen molar-refractivity contribution in [2.24, 2.45) is 0 Å². The molecule has 0 aliphatic carbocycles. The number of hydrogen-bond acceptors (Lipinski definition) is 7. The van der Waals surface area contributed by atoms with Gasteiger partial charge >= 0.3 is 11.7 Å². The quantitative estimate of drug-likeness (QED) is 0.419. The van der Waals surface area contributed by atoms with E-state index in [0.717, 1.165) is 11.6 Å². The first-order chi connectivity index (χ1) is 13.3. The number of nitrogens with zero attached hydrogens (tertiary/aromatic N) is 1. The van der Waals surface area contributed by atoms with Crippen LogP contribution in [-0.4, -0.2) is 37.1 Å². The number of esters is 1. The maximum absolute atomic E-state index is 12.2. The Bertz CT molecular complexity index is 865. The van der Waals surface area contributed by atoms with E-state index in [2.05, 4.69) is 10.1 Å². The van der Waals surface area contributed by atoms with Crippen molar-refractivity contribution in [3.05, 3.63) is 63.7 Å². The molecular weight excluding hydrogens is 368 g/mol. The monoisotopic (exact) mass is 388 g/mol. The Morgan fingerprint density at radius 3 is 2.39 bits per heavy atom. The predicted octanol–water partition coefficient (Wildman–Crippen LogP) is 2.47. The molecule has 9 nitrogen and oxygen atoms in total. The lowest BCUT2D eigenvalue weighted by Gasteiger charge is -2.15. The van der Waals surface area contributed by atoms with Crippen molar-refractivity contribution in [2.75, 3.05) is 14.2 Å². The maximum atomic E-state index is 12.2. The number of rotatable bonds is 8. The summed E-state index contributed by atoms with van der Waals surface area (Å²) in [6.45, 7) is 1.74. The second kappa shape index (κ2) is 9.36. The molecule has 0 aliphatic rings. The van der Waals surface area contributed by atoms with Gasteiger partial charge in [-0.3, -0.25) is 14.9 Å². The lowest BCUT2D eigenvalue weighted by molar-refractivity contribution is -0.386. The van der Waals surface area contributed by atoms with E-state index in [1.165, 1.54) is 26.2 Å². The first-order valence-electron chi connectivity index (χ1n) is 8.29. The Kier molecular flexibility index (Phi) is 6.91. The molecule has 0 saturated heterocycles. The van der Waals surface area contributed by atoms with Crippen LogP contribution in [0.25, 0.3) is 0 Å². The van der Waals surface area contributed by atoms with Crippen LogP contribution in [0.5, 0.6) is 11.5 Å². The summed E-state index contributed by atoms with van der Waals surface area (Å²) in [7, 11) is 2.74. The van der Waals surface area contributed by atoms with E-state index in [0.29, 0.717) is 5.75 Å². The van der Waals surface area contributed by atoms with Crippen LogP contribution in [0.3, 0.4) is 0 Å². The van der Waals surface area contributed by atoms with Gasteiger partial charge < -0.3 is 19.5 Å². The lowest BCUT2D eigenvalue weighted by Crippen LogP contribution is -2.36. The highest BCUT2D eigenvalue weighted by Gasteiger charge is 2.23. The number of amides is 1. The van der Waals surface area contributed by atoms with Gasteiger partial charge in [-0.2, -0.15) is 0 Å². The standard InChI is InChI=1S/C19H20N2O7/c1-12(18(22)20-11-13-4-7-15(26-2)8-5-13)28-17-9-6-14(19(23)27-3)10-16(17)21(24)25/h4-10,12H,11H2,1-3H3,(H,20,22)/t12-/m1/s1. The number of methoxy groups -OCH3 is 2. The zero-order valence-corrected chi connectivity index (χ0v) is 15.6. The number of nitrogens with one attached hydrogen (secondary N) is 1. The topological polar surface area (TPSA) is 117 Å². The predicted molar refractivity (Wildman–Crippen MR) is 99.4 cm³/mol. The summed E-state index contributed by atoms with van der Waals surface area (Å²) in [6, 6.07) is 10.8. The van der Waals surface area contributed by atoms with E-state index in [4.69, 9.17) is 9.47 Å². The second-order valence-corrected chi connectivity index (χ2v) is 5.76. The van der Waals surface area contributed by atoms with Gasteiger partial charge in [-0.15, -0.1) is 0 Å². The summed E-state index contributed by atoms with van der Waals surface area (Å²) >= 11 is 0. The van der Waals surface area contributed by atoms with Gasteiger partial charge in [-0.1, -0.05) is 12.1 Å². The molecule has 0 heterocycles. The molecule has 2 aromatic carbocycles. The molecule has 1 N–H and O–H groups in total. The van der Waals surface area contributed by atoms with Crippen molar-refractivity contribution in [3.63, 3.8) is 0 Å². The van der Waals surface area contributed by atoms with Crippen molar-refractivity contribution in [1.82, 2.24) is 5.32 Å². The zero-order valence-electron chi connectivity index (χ0n) is 15.6. The van der Waals surface area contributed by atoms with Crippen LogP contribution in [0.2, 0.25) is 0 Å². The van der Waals surface area contributed by atoms with Gasteiger partial charge in [0.2, 0.25) is 0 Å². The van der Waals surface area contributed by atoms with Crippen molar-refractivity contribution in [3.8, 4) is 11.5 Å². The number of nitro benzene ring substituents is 1. The van der Waals surface area contributed by atoms with Crippen LogP contribution in [0, 0.1) is 10.1 Å². The number of benzene rings is 2. The first-order valence-corrected chi connectivity index (χ1v) is 8.29. The number of nitro groups is 1. The molecule has 28 heavy (non-hydrogen) atoms. The Labute approximate surface area is 161 Å². The number of carbonyl (C=O) groups is 2. The van der Waals surface area contributed by atoms with Crippen LogP contribution in [0.15, 0.2) is 42.5 Å². The number of carbonyl (C=O) groups excluding carboxylic acids is 2. The highest BCUT2D eigenvalue weighted by Crippen LogP contribution is 2.29. The molecule has 0 aliphatic heterocycles. The fourth-order valence-electron chi connectivity index (χ4n) is 2.32. The van der Waals surface area contributed by atoms with Crippen molar-refractivity contribution < 1.29 is 28.7 Å². The van der Waals surface area contributed by atoms with Crippen LogP contribution in [0.4, 0.5) is 5.69 Å². The Morgan fingerprint density at radius 1 is 1.14 bits per heavy atom. The van der Waals surface area contributed by atoms with Crippen LogP contribution in [-0.2, 0) is 16.1 Å². The third kappa shape index (κ3) is 5.19. The molecule has 0 radical (unpaired) electrons. The fraction of sp³-hybridized carbons (Fsp3) is 0.263. The van der Waals surface area contributed by atoms with E-state index in [1.54, 1.807) is 31.4 Å². The van der Waals surface area contributed by atoms with E-state index in [9.17, 15) is 19.7 Å². The van der Waals surface area contributed by atoms with Crippen LogP contribution < -0.4 is 14.8 Å². The second-order valence-electron chi connectivity index (χ2n) is 5.76. The third-order valence-corrected chi connectivity index (χ3v) is 3.88. The number of ether oxygens (including phenoxy) is 3. The molecule has 148 valence electrons. The molecule has 0 fully saturated rings. The normalized spacial score (nSPS) is 11.2. The lowest BCUT2D eigenvalue weighted by atomic mass is 10.2. The van der Waals surface area contributed by atoms with Gasteiger partial charge in [-0.25, -0.2) is 4.79 Å². The summed E-state index contributed by atoms with van der Waals surface area (Å²) in [5.74, 6) is -0.568. The molecule has 2 aromatic rings. The maximum Gasteiger partial charge on any atom is 0.338 e. The molecule has 2 rings (SSSR count). The average Bonchev–Trinajstić information content (AvgIpc) is 2.71. The third-order valence-electron chi connectivity index (χ3n) is 3.88. The highest BCUT2D eigenvalue weighted by molar-refractivity contribution is 5.90. The smallest absolute Gasteiger partial charge is 0.338 e.